The third-order valence-electron chi connectivity index (χ3n) is 9.00. The van der Waals surface area contributed by atoms with E-state index < -0.39 is 18.2 Å². The maximum atomic E-state index is 13.2. The van der Waals surface area contributed by atoms with Crippen LogP contribution in [0.5, 0.6) is 5.75 Å². The summed E-state index contributed by atoms with van der Waals surface area (Å²) in [5.41, 5.74) is 6.37. The second-order valence-corrected chi connectivity index (χ2v) is 14.1. The first-order valence-electron chi connectivity index (χ1n) is 18.2. The zero-order chi connectivity index (χ0) is 36.8. The molecule has 0 bridgehead atoms. The molecular weight excluding hydrogens is 640 g/mol. The van der Waals surface area contributed by atoms with Gasteiger partial charge in [0.25, 0.3) is 5.91 Å². The standard InChI is InChI=1S/C42H54N4O5/c1-6-8-9-10-11-24-51-37-21-18-33(26-30(37)7-2)34-27-44-39(45-28-34)31-14-12-29(13-15-31)25-36(41(50)43-23-22-38(47)48)46-40(49)32-16-19-35(20-17-32)42(3,4)5/h12-21,26-28,36,41,43,50H,6-11,22-25H2,1-5H3,(H,46,49)(H,47,48)/t36-,41?/m0/s1. The zero-order valence-corrected chi connectivity index (χ0v) is 30.7. The molecule has 51 heavy (non-hydrogen) atoms. The Kier molecular flexibility index (Phi) is 14.7. The average molecular weight is 695 g/mol. The molecule has 9 heteroatoms. The van der Waals surface area contributed by atoms with E-state index >= 15 is 0 Å². The molecule has 272 valence electrons. The van der Waals surface area contributed by atoms with Crippen LogP contribution in [0.4, 0.5) is 0 Å². The molecule has 3 aromatic carbocycles. The first kappa shape index (κ1) is 39.2. The Morgan fingerprint density at radius 3 is 2.14 bits per heavy atom. The largest absolute Gasteiger partial charge is 0.493 e. The molecule has 0 aliphatic heterocycles. The molecule has 0 aliphatic rings. The number of carboxylic acid groups (broad SMARTS) is 1. The number of hydrogen-bond donors (Lipinski definition) is 4. The van der Waals surface area contributed by atoms with Gasteiger partial charge in [0.2, 0.25) is 0 Å². The Labute approximate surface area is 302 Å². The Hall–Kier alpha value is -4.60. The summed E-state index contributed by atoms with van der Waals surface area (Å²) in [7, 11) is 0. The van der Waals surface area contributed by atoms with E-state index in [9.17, 15) is 14.7 Å². The highest BCUT2D eigenvalue weighted by atomic mass is 16.5. The van der Waals surface area contributed by atoms with E-state index in [4.69, 9.17) is 9.84 Å². The second kappa shape index (κ2) is 19.1. The third kappa shape index (κ3) is 12.0. The van der Waals surface area contributed by atoms with Gasteiger partial charge in [0.15, 0.2) is 5.82 Å². The number of benzene rings is 3. The molecule has 0 spiro atoms. The van der Waals surface area contributed by atoms with Crippen LogP contribution in [0.15, 0.2) is 79.1 Å². The lowest BCUT2D eigenvalue weighted by Crippen LogP contribution is -2.51. The molecule has 4 N–H and O–H groups in total. The number of nitrogens with zero attached hydrogens (tertiary/aromatic N) is 2. The molecule has 4 aromatic rings. The number of carbonyl (C=O) groups is 2. The summed E-state index contributed by atoms with van der Waals surface area (Å²) in [6.45, 7) is 11.5. The van der Waals surface area contributed by atoms with Gasteiger partial charge >= 0.3 is 5.97 Å². The Bertz CT molecular complexity index is 1680. The summed E-state index contributed by atoms with van der Waals surface area (Å²) in [5, 5.41) is 25.8. The molecule has 0 fully saturated rings. The predicted molar refractivity (Wildman–Crippen MR) is 203 cm³/mol. The normalized spacial score (nSPS) is 12.7. The summed E-state index contributed by atoms with van der Waals surface area (Å²) >= 11 is 0. The average Bonchev–Trinajstić information content (AvgIpc) is 3.12. The summed E-state index contributed by atoms with van der Waals surface area (Å²) in [4.78, 5) is 33.6. The molecule has 1 amide bonds. The number of aryl methyl sites for hydroxylation is 1. The van der Waals surface area contributed by atoms with Gasteiger partial charge in [-0.1, -0.05) is 103 Å². The van der Waals surface area contributed by atoms with E-state index in [-0.39, 0.29) is 24.3 Å². The molecule has 1 aromatic heterocycles. The van der Waals surface area contributed by atoms with Crippen LogP contribution in [-0.4, -0.2) is 57.5 Å². The molecule has 0 aliphatic carbocycles. The van der Waals surface area contributed by atoms with Crippen LogP contribution >= 0.6 is 0 Å². The molecule has 1 unspecified atom stereocenters. The lowest BCUT2D eigenvalue weighted by atomic mass is 9.86. The van der Waals surface area contributed by atoms with Gasteiger partial charge in [-0.2, -0.15) is 0 Å². The van der Waals surface area contributed by atoms with Gasteiger partial charge in [-0.05, 0) is 71.2 Å². The number of hydrogen-bond acceptors (Lipinski definition) is 7. The SMILES string of the molecule is CCCCCCCOc1ccc(-c2cnc(-c3ccc(C[C@H](NC(=O)c4ccc(C(C)(C)C)cc4)C(O)NCCC(=O)O)cc3)nc2)cc1CC. The molecule has 1 heterocycles. The minimum atomic E-state index is -1.16. The van der Waals surface area contributed by atoms with Crippen molar-refractivity contribution in [3.8, 4) is 28.3 Å². The van der Waals surface area contributed by atoms with Crippen molar-refractivity contribution in [2.45, 2.75) is 104 Å². The quantitative estimate of drug-likeness (QED) is 0.0579. The lowest BCUT2D eigenvalue weighted by Gasteiger charge is -2.25. The van der Waals surface area contributed by atoms with E-state index in [0.717, 1.165) is 58.6 Å². The Morgan fingerprint density at radius 2 is 1.51 bits per heavy atom. The van der Waals surface area contributed by atoms with Gasteiger partial charge in [0.1, 0.15) is 12.0 Å². The number of carbonyl (C=O) groups excluding carboxylic acids is 1. The number of ether oxygens (including phenoxy) is 1. The van der Waals surface area contributed by atoms with Crippen LogP contribution in [-0.2, 0) is 23.1 Å². The van der Waals surface area contributed by atoms with Crippen LogP contribution < -0.4 is 15.4 Å². The van der Waals surface area contributed by atoms with Crippen molar-refractivity contribution in [3.05, 3.63) is 101 Å². The number of nitrogens with one attached hydrogen (secondary N) is 2. The molecular formula is C42H54N4O5. The molecule has 9 nitrogen and oxygen atoms in total. The number of aliphatic carboxylic acids is 1. The highest BCUT2D eigenvalue weighted by Crippen LogP contribution is 2.28. The number of amides is 1. The van der Waals surface area contributed by atoms with E-state index in [2.05, 4.69) is 67.4 Å². The van der Waals surface area contributed by atoms with Crippen molar-refractivity contribution in [1.82, 2.24) is 20.6 Å². The number of unbranched alkanes of at least 4 members (excludes halogenated alkanes) is 4. The maximum Gasteiger partial charge on any atom is 0.304 e. The molecule has 0 radical (unpaired) electrons. The molecule has 2 atom stereocenters. The Balaban J connectivity index is 1.42. The van der Waals surface area contributed by atoms with E-state index in [1.54, 1.807) is 12.1 Å². The van der Waals surface area contributed by atoms with Crippen molar-refractivity contribution in [2.24, 2.45) is 0 Å². The smallest absolute Gasteiger partial charge is 0.304 e. The Morgan fingerprint density at radius 1 is 0.843 bits per heavy atom. The van der Waals surface area contributed by atoms with Crippen molar-refractivity contribution >= 4 is 11.9 Å². The van der Waals surface area contributed by atoms with Crippen LogP contribution in [0.2, 0.25) is 0 Å². The first-order chi connectivity index (χ1) is 24.5. The highest BCUT2D eigenvalue weighted by Gasteiger charge is 2.23. The van der Waals surface area contributed by atoms with Crippen LogP contribution in [0.1, 0.15) is 100 Å². The van der Waals surface area contributed by atoms with Crippen LogP contribution in [0.25, 0.3) is 22.5 Å². The third-order valence-corrected chi connectivity index (χ3v) is 9.00. The van der Waals surface area contributed by atoms with Gasteiger partial charge < -0.3 is 20.3 Å². The lowest BCUT2D eigenvalue weighted by molar-refractivity contribution is -0.137. The maximum absolute atomic E-state index is 13.2. The summed E-state index contributed by atoms with van der Waals surface area (Å²) in [6.07, 6.45) is 9.56. The topological polar surface area (TPSA) is 134 Å². The minimum absolute atomic E-state index is 0.0472. The molecule has 0 saturated carbocycles. The van der Waals surface area contributed by atoms with Crippen molar-refractivity contribution in [2.75, 3.05) is 13.2 Å². The first-order valence-corrected chi connectivity index (χ1v) is 18.2. The number of rotatable bonds is 19. The van der Waals surface area contributed by atoms with E-state index in [0.29, 0.717) is 17.8 Å². The van der Waals surface area contributed by atoms with E-state index in [1.165, 1.54) is 25.7 Å². The van der Waals surface area contributed by atoms with Gasteiger partial charge in [0.05, 0.1) is 19.1 Å². The van der Waals surface area contributed by atoms with Gasteiger partial charge in [-0.3, -0.25) is 14.9 Å². The fourth-order valence-electron chi connectivity index (χ4n) is 5.82. The second-order valence-electron chi connectivity index (χ2n) is 14.1. The number of aliphatic hydroxyl groups is 1. The van der Waals surface area contributed by atoms with Gasteiger partial charge in [0, 0.05) is 35.6 Å². The zero-order valence-electron chi connectivity index (χ0n) is 30.7. The predicted octanol–water partition coefficient (Wildman–Crippen LogP) is 7.74. The summed E-state index contributed by atoms with van der Waals surface area (Å²) in [5.74, 6) is 0.227. The fraction of sp³-hybridized carbons (Fsp3) is 0.429. The molecule has 0 saturated heterocycles. The number of aromatic nitrogens is 2. The van der Waals surface area contributed by atoms with Crippen molar-refractivity contribution in [1.29, 1.82) is 0 Å². The van der Waals surface area contributed by atoms with Crippen molar-refractivity contribution < 1.29 is 24.5 Å². The van der Waals surface area contributed by atoms with Crippen LogP contribution in [0, 0.1) is 0 Å². The van der Waals surface area contributed by atoms with Gasteiger partial charge in [-0.15, -0.1) is 0 Å². The highest BCUT2D eigenvalue weighted by molar-refractivity contribution is 5.94. The minimum Gasteiger partial charge on any atom is -0.493 e. The monoisotopic (exact) mass is 694 g/mol. The van der Waals surface area contributed by atoms with Gasteiger partial charge in [-0.25, -0.2) is 9.97 Å². The van der Waals surface area contributed by atoms with E-state index in [1.807, 2.05) is 54.9 Å². The fourth-order valence-corrected chi connectivity index (χ4v) is 5.82. The van der Waals surface area contributed by atoms with Crippen LogP contribution in [0.3, 0.4) is 0 Å². The number of carboxylic acids is 1. The number of aliphatic hydroxyl groups excluding tert-OH is 1. The molecule has 4 rings (SSSR count). The van der Waals surface area contributed by atoms with Crippen molar-refractivity contribution in [3.63, 3.8) is 0 Å². The summed E-state index contributed by atoms with van der Waals surface area (Å²) < 4.78 is 6.11. The summed E-state index contributed by atoms with van der Waals surface area (Å²) in [6, 6.07) is 20.6.